The number of nitrogens with zero attached hydrogens (tertiary/aromatic N) is 3. The van der Waals surface area contributed by atoms with Crippen LogP contribution in [-0.4, -0.2) is 50.4 Å². The Bertz CT molecular complexity index is 927. The van der Waals surface area contributed by atoms with Crippen molar-refractivity contribution in [1.82, 2.24) is 35.5 Å². The lowest BCUT2D eigenvalue weighted by atomic mass is 9.89. The van der Waals surface area contributed by atoms with Crippen molar-refractivity contribution in [2.75, 3.05) is 19.6 Å². The summed E-state index contributed by atoms with van der Waals surface area (Å²) in [5.74, 6) is 2.69. The van der Waals surface area contributed by atoms with Crippen LogP contribution in [0.15, 0.2) is 49.1 Å². The Morgan fingerprint density at radius 1 is 0.886 bits per heavy atom. The normalized spacial score (nSPS) is 14.4. The summed E-state index contributed by atoms with van der Waals surface area (Å²) in [7, 11) is 0. The molecule has 1 aromatic carbocycles. The van der Waals surface area contributed by atoms with E-state index in [-0.39, 0.29) is 5.91 Å². The number of H-pyrrole nitrogens is 2. The van der Waals surface area contributed by atoms with E-state index in [2.05, 4.69) is 35.5 Å². The highest BCUT2D eigenvalue weighted by Gasteiger charge is 2.13. The first kappa shape index (κ1) is 25.1. The molecule has 8 nitrogen and oxygen atoms in total. The maximum atomic E-state index is 12.5. The van der Waals surface area contributed by atoms with Crippen molar-refractivity contribution >= 4 is 5.91 Å². The lowest BCUT2D eigenvalue weighted by Gasteiger charge is -2.21. The average molecular weight is 478 g/mol. The number of imidazole rings is 2. The van der Waals surface area contributed by atoms with Gasteiger partial charge in [-0.25, -0.2) is 9.97 Å². The van der Waals surface area contributed by atoms with Crippen molar-refractivity contribution in [3.05, 3.63) is 71.8 Å². The molecule has 0 atom stereocenters. The number of rotatable bonds is 14. The number of aromatic amines is 2. The molecular formula is C27H39N7O. The molecule has 1 saturated carbocycles. The van der Waals surface area contributed by atoms with Gasteiger partial charge in [0.25, 0.3) is 5.91 Å². The fraction of sp³-hybridized carbons (Fsp3) is 0.519. The van der Waals surface area contributed by atoms with E-state index in [0.29, 0.717) is 25.2 Å². The van der Waals surface area contributed by atoms with Crippen LogP contribution in [0.1, 0.15) is 72.5 Å². The first-order valence-electron chi connectivity index (χ1n) is 13.0. The van der Waals surface area contributed by atoms with Gasteiger partial charge in [-0.15, -0.1) is 0 Å². The Kier molecular flexibility index (Phi) is 9.91. The van der Waals surface area contributed by atoms with Crippen molar-refractivity contribution < 1.29 is 4.79 Å². The zero-order valence-electron chi connectivity index (χ0n) is 20.6. The molecule has 0 saturated heterocycles. The average Bonchev–Trinajstić information content (AvgIpc) is 3.59. The molecule has 0 unspecified atom stereocenters. The van der Waals surface area contributed by atoms with Crippen molar-refractivity contribution in [3.8, 4) is 0 Å². The lowest BCUT2D eigenvalue weighted by molar-refractivity contribution is 0.0953. The van der Waals surface area contributed by atoms with Crippen LogP contribution >= 0.6 is 0 Å². The van der Waals surface area contributed by atoms with Gasteiger partial charge in [0.2, 0.25) is 0 Å². The third-order valence-electron chi connectivity index (χ3n) is 6.70. The van der Waals surface area contributed by atoms with Gasteiger partial charge in [0.15, 0.2) is 0 Å². The summed E-state index contributed by atoms with van der Waals surface area (Å²) >= 11 is 0. The number of hydrogen-bond donors (Lipinski definition) is 4. The second kappa shape index (κ2) is 13.8. The Labute approximate surface area is 208 Å². The Balaban J connectivity index is 1.16. The van der Waals surface area contributed by atoms with Crippen LogP contribution in [-0.2, 0) is 19.6 Å². The van der Waals surface area contributed by atoms with Gasteiger partial charge in [-0.05, 0) is 62.4 Å². The predicted octanol–water partition coefficient (Wildman–Crippen LogP) is 4.02. The summed E-state index contributed by atoms with van der Waals surface area (Å²) in [6.07, 6.45) is 16.3. The van der Waals surface area contributed by atoms with Gasteiger partial charge < -0.3 is 20.6 Å². The second-order valence-corrected chi connectivity index (χ2v) is 9.58. The van der Waals surface area contributed by atoms with E-state index in [0.717, 1.165) is 55.6 Å². The standard InChI is InChI=1S/C27H39N7O/c35-27(33-13-5-4-12-28-18-22-6-2-1-3-7-22)24-10-8-23(9-11-24)19-34(20-25-29-14-15-30-25)21-26-31-16-17-32-26/h8-11,14-17,22,28H,1-7,12-13,18-21H2,(H,29,30)(H,31,32)(H,33,35). The molecule has 4 N–H and O–H groups in total. The summed E-state index contributed by atoms with van der Waals surface area (Å²) < 4.78 is 0. The van der Waals surface area contributed by atoms with Crippen LogP contribution in [0.5, 0.6) is 0 Å². The minimum atomic E-state index is -0.00487. The molecule has 3 aromatic rings. The quantitative estimate of drug-likeness (QED) is 0.263. The van der Waals surface area contributed by atoms with E-state index < -0.39 is 0 Å². The van der Waals surface area contributed by atoms with Gasteiger partial charge in [0.05, 0.1) is 13.1 Å². The monoisotopic (exact) mass is 477 g/mol. The molecule has 1 fully saturated rings. The highest BCUT2D eigenvalue weighted by molar-refractivity contribution is 5.94. The minimum Gasteiger partial charge on any atom is -0.352 e. The Morgan fingerprint density at radius 3 is 2.17 bits per heavy atom. The van der Waals surface area contributed by atoms with E-state index in [1.165, 1.54) is 32.1 Å². The number of hydrogen-bond acceptors (Lipinski definition) is 5. The molecule has 0 radical (unpaired) electrons. The molecule has 2 aromatic heterocycles. The number of aromatic nitrogens is 4. The largest absolute Gasteiger partial charge is 0.352 e. The smallest absolute Gasteiger partial charge is 0.251 e. The number of carbonyl (C=O) groups is 1. The fourth-order valence-electron chi connectivity index (χ4n) is 4.76. The van der Waals surface area contributed by atoms with Crippen LogP contribution in [0, 0.1) is 5.92 Å². The van der Waals surface area contributed by atoms with Crippen LogP contribution in [0.25, 0.3) is 0 Å². The first-order chi connectivity index (χ1) is 17.3. The van der Waals surface area contributed by atoms with Crippen LogP contribution in [0.2, 0.25) is 0 Å². The summed E-state index contributed by atoms with van der Waals surface area (Å²) in [5, 5.41) is 6.65. The van der Waals surface area contributed by atoms with Gasteiger partial charge in [0.1, 0.15) is 11.6 Å². The summed E-state index contributed by atoms with van der Waals surface area (Å²) in [4.78, 5) is 29.8. The number of amides is 1. The molecule has 35 heavy (non-hydrogen) atoms. The molecule has 1 aliphatic rings. The number of unbranched alkanes of at least 4 members (excludes halogenated alkanes) is 1. The zero-order valence-corrected chi connectivity index (χ0v) is 20.6. The van der Waals surface area contributed by atoms with Crippen molar-refractivity contribution in [3.63, 3.8) is 0 Å². The molecule has 0 aliphatic heterocycles. The topological polar surface area (TPSA) is 102 Å². The fourth-order valence-corrected chi connectivity index (χ4v) is 4.76. The van der Waals surface area contributed by atoms with E-state index >= 15 is 0 Å². The molecule has 1 aliphatic carbocycles. The van der Waals surface area contributed by atoms with Gasteiger partial charge in [-0.3, -0.25) is 9.69 Å². The van der Waals surface area contributed by atoms with E-state index in [1.807, 2.05) is 36.7 Å². The van der Waals surface area contributed by atoms with E-state index in [4.69, 9.17) is 0 Å². The molecule has 8 heteroatoms. The first-order valence-corrected chi connectivity index (χ1v) is 13.0. The zero-order chi connectivity index (χ0) is 24.1. The molecular weight excluding hydrogens is 438 g/mol. The van der Waals surface area contributed by atoms with Gasteiger partial charge in [-0.2, -0.15) is 0 Å². The Hall–Kier alpha value is -2.97. The molecule has 4 rings (SSSR count). The minimum absolute atomic E-state index is 0.00487. The van der Waals surface area contributed by atoms with Crippen LogP contribution in [0.3, 0.4) is 0 Å². The van der Waals surface area contributed by atoms with E-state index in [9.17, 15) is 4.79 Å². The van der Waals surface area contributed by atoms with Gasteiger partial charge in [0, 0.05) is 43.4 Å². The van der Waals surface area contributed by atoms with Crippen LogP contribution < -0.4 is 10.6 Å². The maximum Gasteiger partial charge on any atom is 0.251 e. The summed E-state index contributed by atoms with van der Waals surface area (Å²) in [6.45, 7) is 5.01. The SMILES string of the molecule is O=C(NCCCCNCC1CCCCC1)c1ccc(CN(Cc2ncc[nH]2)Cc2ncc[nH]2)cc1. The molecule has 188 valence electrons. The third kappa shape index (κ3) is 8.64. The number of carbonyl (C=O) groups excluding carboxylic acids is 1. The van der Waals surface area contributed by atoms with Crippen LogP contribution in [0.4, 0.5) is 0 Å². The molecule has 0 spiro atoms. The van der Waals surface area contributed by atoms with Gasteiger partial charge in [-0.1, -0.05) is 31.4 Å². The lowest BCUT2D eigenvalue weighted by Crippen LogP contribution is -2.27. The number of benzene rings is 1. The molecule has 2 heterocycles. The number of nitrogens with one attached hydrogen (secondary N) is 4. The maximum absolute atomic E-state index is 12.5. The highest BCUT2D eigenvalue weighted by Crippen LogP contribution is 2.22. The highest BCUT2D eigenvalue weighted by atomic mass is 16.1. The van der Waals surface area contributed by atoms with Crippen molar-refractivity contribution in [2.24, 2.45) is 5.92 Å². The van der Waals surface area contributed by atoms with Crippen molar-refractivity contribution in [2.45, 2.75) is 64.6 Å². The van der Waals surface area contributed by atoms with Gasteiger partial charge >= 0.3 is 0 Å². The Morgan fingerprint density at radius 2 is 1.54 bits per heavy atom. The second-order valence-electron chi connectivity index (χ2n) is 9.58. The molecule has 1 amide bonds. The summed E-state index contributed by atoms with van der Waals surface area (Å²) in [5.41, 5.74) is 1.84. The third-order valence-corrected chi connectivity index (χ3v) is 6.70. The predicted molar refractivity (Wildman–Crippen MR) is 138 cm³/mol. The summed E-state index contributed by atoms with van der Waals surface area (Å²) in [6, 6.07) is 7.88. The van der Waals surface area contributed by atoms with Crippen molar-refractivity contribution in [1.29, 1.82) is 0 Å². The molecule has 0 bridgehead atoms. The van der Waals surface area contributed by atoms with E-state index in [1.54, 1.807) is 12.4 Å².